The van der Waals surface area contributed by atoms with Crippen LogP contribution >= 0.6 is 0 Å². The molecule has 1 rings (SSSR count). The second kappa shape index (κ2) is 8.45. The van der Waals surface area contributed by atoms with E-state index in [2.05, 4.69) is 11.8 Å². The second-order valence-electron chi connectivity index (χ2n) is 4.50. The van der Waals surface area contributed by atoms with E-state index in [1.165, 1.54) is 5.56 Å². The normalized spacial score (nSPS) is 10.9. The molecule has 1 aromatic rings. The summed E-state index contributed by atoms with van der Waals surface area (Å²) < 4.78 is 0. The summed E-state index contributed by atoms with van der Waals surface area (Å²) in [4.78, 5) is 2.26. The van der Waals surface area contributed by atoms with E-state index in [0.717, 1.165) is 38.8 Å². The highest BCUT2D eigenvalue weighted by atomic mass is 16.3. The Morgan fingerprint density at radius 2 is 1.89 bits per heavy atom. The van der Waals surface area contributed by atoms with E-state index in [4.69, 9.17) is 5.73 Å². The smallest absolute Gasteiger partial charge is 0.115 e. The van der Waals surface area contributed by atoms with E-state index >= 15 is 0 Å². The van der Waals surface area contributed by atoms with Crippen LogP contribution in [0.15, 0.2) is 36.7 Å². The van der Waals surface area contributed by atoms with Crippen LogP contribution in [-0.2, 0) is 6.42 Å². The van der Waals surface area contributed by atoms with Crippen LogP contribution in [0.3, 0.4) is 0 Å². The molecule has 0 aliphatic rings. The van der Waals surface area contributed by atoms with Crippen molar-refractivity contribution in [3.63, 3.8) is 0 Å². The zero-order chi connectivity index (χ0) is 13.2. The molecule has 3 heteroatoms. The van der Waals surface area contributed by atoms with Crippen molar-refractivity contribution in [2.45, 2.75) is 32.6 Å². The average Bonchev–Trinajstić information content (AvgIpc) is 2.37. The minimum atomic E-state index is 0.334. The highest BCUT2D eigenvalue weighted by molar-refractivity contribution is 5.25. The van der Waals surface area contributed by atoms with Crippen LogP contribution in [0.1, 0.15) is 31.7 Å². The maximum Gasteiger partial charge on any atom is 0.115 e. The number of hydrogen-bond acceptors (Lipinski definition) is 3. The fraction of sp³-hybridized carbons (Fsp3) is 0.467. The van der Waals surface area contributed by atoms with E-state index < -0.39 is 0 Å². The number of unbranched alkanes of at least 4 members (excludes halogenated alkanes) is 1. The van der Waals surface area contributed by atoms with Gasteiger partial charge < -0.3 is 15.7 Å². The topological polar surface area (TPSA) is 49.5 Å². The predicted octanol–water partition coefficient (Wildman–Crippen LogP) is 2.86. The van der Waals surface area contributed by atoms with E-state index in [9.17, 15) is 5.11 Å². The quantitative estimate of drug-likeness (QED) is 0.695. The summed E-state index contributed by atoms with van der Waals surface area (Å²) in [6.45, 7) is 4.29. The van der Waals surface area contributed by atoms with Crippen molar-refractivity contribution >= 4 is 0 Å². The fourth-order valence-electron chi connectivity index (χ4n) is 1.98. The van der Waals surface area contributed by atoms with Crippen LogP contribution < -0.4 is 5.73 Å². The molecule has 18 heavy (non-hydrogen) atoms. The van der Waals surface area contributed by atoms with Gasteiger partial charge in [-0.3, -0.25) is 0 Å². The van der Waals surface area contributed by atoms with Crippen LogP contribution in [0.5, 0.6) is 5.75 Å². The van der Waals surface area contributed by atoms with Crippen LogP contribution in [-0.4, -0.2) is 23.1 Å². The predicted molar refractivity (Wildman–Crippen MR) is 76.2 cm³/mol. The summed E-state index contributed by atoms with van der Waals surface area (Å²) >= 11 is 0. The van der Waals surface area contributed by atoms with Crippen molar-refractivity contribution in [3.8, 4) is 5.75 Å². The fourth-order valence-corrected chi connectivity index (χ4v) is 1.98. The van der Waals surface area contributed by atoms with Gasteiger partial charge >= 0.3 is 0 Å². The molecular weight excluding hydrogens is 224 g/mol. The molecule has 0 amide bonds. The number of rotatable bonds is 8. The minimum absolute atomic E-state index is 0.334. The number of phenolic OH excluding ortho intramolecular Hbond substituents is 1. The summed E-state index contributed by atoms with van der Waals surface area (Å²) in [5, 5.41) is 9.19. The van der Waals surface area contributed by atoms with Crippen LogP contribution in [0, 0.1) is 0 Å². The molecule has 0 fully saturated rings. The molecule has 0 bridgehead atoms. The molecule has 0 unspecified atom stereocenters. The average molecular weight is 248 g/mol. The number of phenols is 1. The minimum Gasteiger partial charge on any atom is -0.508 e. The third-order valence-corrected chi connectivity index (χ3v) is 2.90. The first kappa shape index (κ1) is 14.4. The van der Waals surface area contributed by atoms with Gasteiger partial charge in [-0.15, -0.1) is 0 Å². The molecule has 0 spiro atoms. The lowest BCUT2D eigenvalue weighted by Gasteiger charge is -2.19. The number of hydrogen-bond donors (Lipinski definition) is 2. The van der Waals surface area contributed by atoms with E-state index in [-0.39, 0.29) is 0 Å². The number of benzene rings is 1. The van der Waals surface area contributed by atoms with Crippen molar-refractivity contribution in [2.75, 3.05) is 13.1 Å². The Hall–Kier alpha value is -1.64. The molecule has 0 heterocycles. The first-order chi connectivity index (χ1) is 8.76. The van der Waals surface area contributed by atoms with E-state index in [0.29, 0.717) is 5.75 Å². The summed E-state index contributed by atoms with van der Waals surface area (Å²) in [6.07, 6.45) is 8.09. The Labute approximate surface area is 110 Å². The van der Waals surface area contributed by atoms with Crippen LogP contribution in [0.25, 0.3) is 0 Å². The number of aryl methyl sites for hydroxylation is 1. The third-order valence-electron chi connectivity index (χ3n) is 2.90. The molecule has 0 aliphatic heterocycles. The molecule has 0 aromatic heterocycles. The Morgan fingerprint density at radius 1 is 1.17 bits per heavy atom. The lowest BCUT2D eigenvalue weighted by atomic mass is 10.1. The van der Waals surface area contributed by atoms with Crippen molar-refractivity contribution in [1.82, 2.24) is 4.90 Å². The van der Waals surface area contributed by atoms with Crippen molar-refractivity contribution in [3.05, 3.63) is 42.2 Å². The SMILES string of the molecule is CCCN(/C=C\N)CCCCc1ccc(O)cc1. The molecule has 3 N–H and O–H groups in total. The number of nitrogens with zero attached hydrogens (tertiary/aromatic N) is 1. The Balaban J connectivity index is 2.22. The Kier molecular flexibility index (Phi) is 6.77. The molecule has 0 radical (unpaired) electrons. The van der Waals surface area contributed by atoms with Gasteiger partial charge in [0.2, 0.25) is 0 Å². The maximum atomic E-state index is 9.19. The van der Waals surface area contributed by atoms with Gasteiger partial charge in [0.05, 0.1) is 0 Å². The number of aromatic hydroxyl groups is 1. The second-order valence-corrected chi connectivity index (χ2v) is 4.50. The van der Waals surface area contributed by atoms with Crippen molar-refractivity contribution in [2.24, 2.45) is 5.73 Å². The summed E-state index contributed by atoms with van der Waals surface area (Å²) in [5.41, 5.74) is 6.70. The highest BCUT2D eigenvalue weighted by Crippen LogP contribution is 2.12. The summed E-state index contributed by atoms with van der Waals surface area (Å²) in [6, 6.07) is 7.46. The van der Waals surface area contributed by atoms with Crippen LogP contribution in [0.4, 0.5) is 0 Å². The Morgan fingerprint density at radius 3 is 2.50 bits per heavy atom. The van der Waals surface area contributed by atoms with Gasteiger partial charge in [0.1, 0.15) is 5.75 Å². The lowest BCUT2D eigenvalue weighted by molar-refractivity contribution is 0.364. The van der Waals surface area contributed by atoms with Crippen LogP contribution in [0.2, 0.25) is 0 Å². The van der Waals surface area contributed by atoms with Gasteiger partial charge in [-0.05, 0) is 43.4 Å². The lowest BCUT2D eigenvalue weighted by Crippen LogP contribution is -2.20. The maximum absolute atomic E-state index is 9.19. The molecular formula is C15H24N2O. The highest BCUT2D eigenvalue weighted by Gasteiger charge is 1.98. The molecule has 0 saturated heterocycles. The van der Waals surface area contributed by atoms with E-state index in [1.54, 1.807) is 18.3 Å². The largest absolute Gasteiger partial charge is 0.508 e. The van der Waals surface area contributed by atoms with Gasteiger partial charge in [-0.25, -0.2) is 0 Å². The van der Waals surface area contributed by atoms with Gasteiger partial charge in [-0.1, -0.05) is 19.1 Å². The Bertz CT molecular complexity index is 346. The monoisotopic (exact) mass is 248 g/mol. The standard InChI is InChI=1S/C15H24N2O/c1-2-11-17(13-10-16)12-4-3-5-14-6-8-15(18)9-7-14/h6-10,13,18H,2-5,11-12,16H2,1H3/b13-10-. The van der Waals surface area contributed by atoms with Gasteiger partial charge in [0.25, 0.3) is 0 Å². The molecule has 0 saturated carbocycles. The van der Waals surface area contributed by atoms with E-state index in [1.807, 2.05) is 18.3 Å². The zero-order valence-electron chi connectivity index (χ0n) is 11.2. The molecule has 0 aliphatic carbocycles. The summed E-state index contributed by atoms with van der Waals surface area (Å²) in [5.74, 6) is 0.334. The number of nitrogens with two attached hydrogens (primary N) is 1. The molecule has 3 nitrogen and oxygen atoms in total. The first-order valence-electron chi connectivity index (χ1n) is 6.66. The molecule has 1 aromatic carbocycles. The van der Waals surface area contributed by atoms with Gasteiger partial charge in [0, 0.05) is 25.5 Å². The molecule has 100 valence electrons. The third kappa shape index (κ3) is 5.62. The summed E-state index contributed by atoms with van der Waals surface area (Å²) in [7, 11) is 0. The van der Waals surface area contributed by atoms with Gasteiger partial charge in [-0.2, -0.15) is 0 Å². The van der Waals surface area contributed by atoms with Crippen molar-refractivity contribution < 1.29 is 5.11 Å². The first-order valence-corrected chi connectivity index (χ1v) is 6.66. The van der Waals surface area contributed by atoms with Gasteiger partial charge in [0.15, 0.2) is 0 Å². The zero-order valence-corrected chi connectivity index (χ0v) is 11.2. The van der Waals surface area contributed by atoms with Crippen molar-refractivity contribution in [1.29, 1.82) is 0 Å². The molecule has 0 atom stereocenters.